The Morgan fingerprint density at radius 2 is 1.79 bits per heavy atom. The molecule has 1 atom stereocenters. The molecule has 1 saturated heterocycles. The van der Waals surface area contributed by atoms with E-state index in [-0.39, 0.29) is 17.3 Å². The quantitative estimate of drug-likeness (QED) is 0.201. The maximum absolute atomic E-state index is 13.5. The maximum atomic E-state index is 13.5. The number of aliphatic hydroxyl groups is 1. The van der Waals surface area contributed by atoms with Gasteiger partial charge in [-0.1, -0.05) is 12.1 Å². The molecule has 5 rings (SSSR count). The summed E-state index contributed by atoms with van der Waals surface area (Å²) in [5.41, 5.74) is 5.34. The van der Waals surface area contributed by atoms with E-state index in [9.17, 15) is 14.7 Å². The molecule has 1 aromatic heterocycles. The Morgan fingerprint density at radius 1 is 1.03 bits per heavy atom. The van der Waals surface area contributed by atoms with Gasteiger partial charge in [-0.25, -0.2) is 4.98 Å². The zero-order valence-electron chi connectivity index (χ0n) is 22.0. The number of benzene rings is 3. The molecule has 1 aliphatic heterocycles. The number of ketones is 1. The van der Waals surface area contributed by atoms with E-state index in [1.807, 2.05) is 39.8 Å². The van der Waals surface area contributed by atoms with Crippen molar-refractivity contribution in [3.8, 4) is 11.5 Å². The lowest BCUT2D eigenvalue weighted by atomic mass is 9.94. The van der Waals surface area contributed by atoms with E-state index in [0.29, 0.717) is 34.7 Å². The number of imidazole rings is 1. The third kappa shape index (κ3) is 4.18. The topological polar surface area (TPSA) is 105 Å². The number of amides is 1. The number of Topliss-reactive ketones (excluding diaryl/α,β-unsaturated/α-hetero) is 1. The second-order valence-electron chi connectivity index (χ2n) is 9.37. The van der Waals surface area contributed by atoms with Crippen molar-refractivity contribution in [1.82, 2.24) is 9.97 Å². The lowest BCUT2D eigenvalue weighted by Gasteiger charge is -2.23. The molecular weight excluding hydrogens is 482 g/mol. The number of ether oxygens (including phenoxy) is 2. The van der Waals surface area contributed by atoms with E-state index < -0.39 is 17.7 Å². The number of rotatable bonds is 6. The molecule has 3 aromatic carbocycles. The molecule has 1 amide bonds. The average Bonchev–Trinajstić information content (AvgIpc) is 3.42. The summed E-state index contributed by atoms with van der Waals surface area (Å²) in [4.78, 5) is 36.2. The molecule has 194 valence electrons. The molecule has 2 heterocycles. The molecule has 1 fully saturated rings. The number of H-pyrrole nitrogens is 1. The van der Waals surface area contributed by atoms with Crippen LogP contribution in [0.25, 0.3) is 16.8 Å². The molecule has 0 aliphatic carbocycles. The molecular formula is C30H29N3O5. The molecule has 4 aromatic rings. The first-order chi connectivity index (χ1) is 18.2. The smallest absolute Gasteiger partial charge is 0.302 e. The van der Waals surface area contributed by atoms with Crippen LogP contribution >= 0.6 is 0 Å². The minimum absolute atomic E-state index is 0.0281. The van der Waals surface area contributed by atoms with Crippen molar-refractivity contribution < 1.29 is 24.2 Å². The van der Waals surface area contributed by atoms with E-state index in [1.54, 1.807) is 49.6 Å². The van der Waals surface area contributed by atoms with Crippen molar-refractivity contribution in [3.05, 3.63) is 88.0 Å². The number of carbonyl (C=O) groups is 2. The Labute approximate surface area is 220 Å². The van der Waals surface area contributed by atoms with Gasteiger partial charge in [0.1, 0.15) is 17.3 Å². The minimum atomic E-state index is -0.931. The van der Waals surface area contributed by atoms with E-state index in [2.05, 4.69) is 9.97 Å². The fourth-order valence-electron chi connectivity index (χ4n) is 4.82. The number of aliphatic hydroxyl groups excluding tert-OH is 1. The van der Waals surface area contributed by atoms with Crippen molar-refractivity contribution >= 4 is 34.4 Å². The molecule has 2 N–H and O–H groups in total. The fraction of sp³-hybridized carbons (Fsp3) is 0.233. The van der Waals surface area contributed by atoms with Crippen LogP contribution in [-0.4, -0.2) is 40.5 Å². The number of anilines is 1. The predicted molar refractivity (Wildman–Crippen MR) is 146 cm³/mol. The Balaban J connectivity index is 1.72. The van der Waals surface area contributed by atoms with Crippen LogP contribution in [0.3, 0.4) is 0 Å². The van der Waals surface area contributed by atoms with Gasteiger partial charge in [-0.05, 0) is 92.4 Å². The first-order valence-corrected chi connectivity index (χ1v) is 12.4. The summed E-state index contributed by atoms with van der Waals surface area (Å²) in [6, 6.07) is 15.2. The Morgan fingerprint density at radius 3 is 2.50 bits per heavy atom. The molecule has 0 saturated carbocycles. The van der Waals surface area contributed by atoms with Crippen LogP contribution in [0.5, 0.6) is 11.5 Å². The molecule has 1 unspecified atom stereocenters. The molecule has 8 heteroatoms. The molecule has 1 aliphatic rings. The number of nitrogens with one attached hydrogen (secondary N) is 1. The van der Waals surface area contributed by atoms with Gasteiger partial charge in [-0.3, -0.25) is 14.5 Å². The normalized spacial score (nSPS) is 16.9. The third-order valence-electron chi connectivity index (χ3n) is 6.92. The van der Waals surface area contributed by atoms with Crippen LogP contribution in [0.15, 0.2) is 60.2 Å². The second kappa shape index (κ2) is 9.70. The number of fused-ring (bicyclic) bond motifs is 1. The Hall–Kier alpha value is -4.59. The fourth-order valence-corrected chi connectivity index (χ4v) is 4.82. The first-order valence-electron chi connectivity index (χ1n) is 12.4. The lowest BCUT2D eigenvalue weighted by molar-refractivity contribution is -0.132. The molecule has 38 heavy (non-hydrogen) atoms. The van der Waals surface area contributed by atoms with Crippen molar-refractivity contribution in [2.24, 2.45) is 0 Å². The van der Waals surface area contributed by atoms with Gasteiger partial charge in [-0.15, -0.1) is 0 Å². The predicted octanol–water partition coefficient (Wildman–Crippen LogP) is 5.52. The van der Waals surface area contributed by atoms with Crippen LogP contribution in [0.4, 0.5) is 5.95 Å². The van der Waals surface area contributed by atoms with Gasteiger partial charge in [0.25, 0.3) is 5.78 Å². The van der Waals surface area contributed by atoms with Gasteiger partial charge in [0, 0.05) is 5.56 Å². The number of hydrogen-bond donors (Lipinski definition) is 2. The standard InChI is InChI=1S/C30H29N3O5/c1-6-38-24-11-10-20(12-18(24)4)27(34)25-26(19-8-7-9-21(15-19)37-5)33(29(36)28(25)35)30-31-22-13-16(2)17(3)14-23(22)32-30/h7-15,26,34H,6H2,1-5H3,(H,31,32)/b27-25+. The molecule has 8 nitrogen and oxygen atoms in total. The highest BCUT2D eigenvalue weighted by Crippen LogP contribution is 2.42. The van der Waals surface area contributed by atoms with E-state index in [1.165, 1.54) is 4.90 Å². The largest absolute Gasteiger partial charge is 0.507 e. The zero-order chi connectivity index (χ0) is 27.1. The Kier molecular flexibility index (Phi) is 6.40. The van der Waals surface area contributed by atoms with Gasteiger partial charge in [0.05, 0.1) is 36.4 Å². The summed E-state index contributed by atoms with van der Waals surface area (Å²) in [6.07, 6.45) is 0. The Bertz CT molecular complexity index is 1580. The van der Waals surface area contributed by atoms with E-state index >= 15 is 0 Å². The van der Waals surface area contributed by atoms with Crippen LogP contribution in [0.2, 0.25) is 0 Å². The van der Waals surface area contributed by atoms with Gasteiger partial charge < -0.3 is 19.6 Å². The SMILES string of the molecule is CCOc1ccc(/C(O)=C2\C(=O)C(=O)N(c3nc4cc(C)c(C)cc4[nH]3)C2c2cccc(OC)c2)cc1C. The molecule has 0 bridgehead atoms. The first kappa shape index (κ1) is 25.1. The summed E-state index contributed by atoms with van der Waals surface area (Å²) in [5, 5.41) is 11.5. The number of hydrogen-bond acceptors (Lipinski definition) is 6. The number of aromatic nitrogens is 2. The number of carbonyl (C=O) groups excluding carboxylic acids is 2. The summed E-state index contributed by atoms with van der Waals surface area (Å²) in [7, 11) is 1.54. The highest BCUT2D eigenvalue weighted by atomic mass is 16.5. The summed E-state index contributed by atoms with van der Waals surface area (Å²) in [6.45, 7) is 8.24. The average molecular weight is 512 g/mol. The highest BCUT2D eigenvalue weighted by Gasteiger charge is 2.48. The van der Waals surface area contributed by atoms with Crippen molar-refractivity contribution in [1.29, 1.82) is 0 Å². The van der Waals surface area contributed by atoms with Gasteiger partial charge in [-0.2, -0.15) is 0 Å². The molecule has 0 radical (unpaired) electrons. The van der Waals surface area contributed by atoms with Crippen LogP contribution < -0.4 is 14.4 Å². The third-order valence-corrected chi connectivity index (χ3v) is 6.92. The monoisotopic (exact) mass is 511 g/mol. The van der Waals surface area contributed by atoms with Crippen molar-refractivity contribution in [2.45, 2.75) is 33.7 Å². The zero-order valence-corrected chi connectivity index (χ0v) is 22.0. The number of methoxy groups -OCH3 is 1. The van der Waals surface area contributed by atoms with Gasteiger partial charge in [0.15, 0.2) is 0 Å². The van der Waals surface area contributed by atoms with Crippen molar-refractivity contribution in [3.63, 3.8) is 0 Å². The van der Waals surface area contributed by atoms with E-state index in [0.717, 1.165) is 22.2 Å². The van der Waals surface area contributed by atoms with Crippen molar-refractivity contribution in [2.75, 3.05) is 18.6 Å². The van der Waals surface area contributed by atoms with Crippen LogP contribution in [0, 0.1) is 20.8 Å². The summed E-state index contributed by atoms with van der Waals surface area (Å²) in [5.74, 6) is -0.388. The van der Waals surface area contributed by atoms with Gasteiger partial charge >= 0.3 is 5.91 Å². The maximum Gasteiger partial charge on any atom is 0.302 e. The van der Waals surface area contributed by atoms with Crippen LogP contribution in [-0.2, 0) is 9.59 Å². The van der Waals surface area contributed by atoms with Crippen LogP contribution in [0.1, 0.15) is 40.8 Å². The van der Waals surface area contributed by atoms with Gasteiger partial charge in [0.2, 0.25) is 5.95 Å². The highest BCUT2D eigenvalue weighted by molar-refractivity contribution is 6.51. The summed E-state index contributed by atoms with van der Waals surface area (Å²) < 4.78 is 11.0. The number of aromatic amines is 1. The number of nitrogens with zero attached hydrogens (tertiary/aromatic N) is 2. The number of aryl methyl sites for hydroxylation is 3. The summed E-state index contributed by atoms with van der Waals surface area (Å²) >= 11 is 0. The van der Waals surface area contributed by atoms with E-state index in [4.69, 9.17) is 9.47 Å². The minimum Gasteiger partial charge on any atom is -0.507 e. The lowest BCUT2D eigenvalue weighted by Crippen LogP contribution is -2.30. The molecule has 0 spiro atoms. The second-order valence-corrected chi connectivity index (χ2v) is 9.37.